The van der Waals surface area contributed by atoms with Crippen molar-refractivity contribution in [2.45, 2.75) is 32.4 Å². The molecule has 6 heteroatoms. The average molecular weight is 305 g/mol. The molecular weight excluding hydrogens is 284 g/mol. The molecule has 4 nitrogen and oxygen atoms in total. The minimum absolute atomic E-state index is 0. The maximum atomic E-state index is 11.7. The van der Waals surface area contributed by atoms with Crippen LogP contribution in [0.25, 0.3) is 0 Å². The summed E-state index contributed by atoms with van der Waals surface area (Å²) >= 11 is 1.76. The molecule has 0 bridgehead atoms. The van der Waals surface area contributed by atoms with E-state index in [0.29, 0.717) is 19.6 Å². The summed E-state index contributed by atoms with van der Waals surface area (Å²) in [6.45, 7) is 5.12. The second kappa shape index (κ2) is 8.53. The van der Waals surface area contributed by atoms with Crippen molar-refractivity contribution in [1.29, 1.82) is 0 Å². The van der Waals surface area contributed by atoms with Gasteiger partial charge in [-0.25, -0.2) is 0 Å². The summed E-state index contributed by atoms with van der Waals surface area (Å²) in [5.74, 6) is 0.0650. The number of morpholine rings is 1. The van der Waals surface area contributed by atoms with E-state index in [0.717, 1.165) is 19.5 Å². The van der Waals surface area contributed by atoms with E-state index < -0.39 is 0 Å². The smallest absolute Gasteiger partial charge is 0.222 e. The van der Waals surface area contributed by atoms with Gasteiger partial charge in [-0.05, 0) is 18.6 Å². The SMILES string of the molecule is CCc1ccc(CNC(=O)CC2CNCCO2)s1.Cl. The van der Waals surface area contributed by atoms with Crippen LogP contribution in [0.4, 0.5) is 0 Å². The van der Waals surface area contributed by atoms with E-state index >= 15 is 0 Å². The van der Waals surface area contributed by atoms with Crippen molar-refractivity contribution in [3.8, 4) is 0 Å². The van der Waals surface area contributed by atoms with E-state index in [1.54, 1.807) is 11.3 Å². The number of halogens is 1. The summed E-state index contributed by atoms with van der Waals surface area (Å²) in [5, 5.41) is 6.17. The van der Waals surface area contributed by atoms with Crippen LogP contribution in [-0.2, 0) is 22.5 Å². The van der Waals surface area contributed by atoms with Gasteiger partial charge in [0.25, 0.3) is 0 Å². The average Bonchev–Trinajstić information content (AvgIpc) is 2.85. The number of hydrogen-bond donors (Lipinski definition) is 2. The number of hydrogen-bond acceptors (Lipinski definition) is 4. The van der Waals surface area contributed by atoms with Crippen molar-refractivity contribution in [3.63, 3.8) is 0 Å². The Hall–Kier alpha value is -0.620. The van der Waals surface area contributed by atoms with E-state index in [2.05, 4.69) is 29.7 Å². The molecule has 1 aliphatic heterocycles. The molecule has 1 fully saturated rings. The molecular formula is C13H21ClN2O2S. The monoisotopic (exact) mass is 304 g/mol. The highest BCUT2D eigenvalue weighted by Gasteiger charge is 2.17. The Bertz CT molecular complexity index is 392. The van der Waals surface area contributed by atoms with E-state index in [1.807, 2.05) is 0 Å². The normalized spacial score (nSPS) is 18.7. The van der Waals surface area contributed by atoms with Crippen LogP contribution < -0.4 is 10.6 Å². The summed E-state index contributed by atoms with van der Waals surface area (Å²) in [7, 11) is 0. The van der Waals surface area contributed by atoms with Crippen molar-refractivity contribution in [1.82, 2.24) is 10.6 Å². The first-order chi connectivity index (χ1) is 8.78. The van der Waals surface area contributed by atoms with Gasteiger partial charge in [-0.15, -0.1) is 23.7 Å². The molecule has 1 aliphatic rings. The molecule has 0 saturated carbocycles. The topological polar surface area (TPSA) is 50.4 Å². The van der Waals surface area contributed by atoms with Gasteiger partial charge in [-0.2, -0.15) is 0 Å². The van der Waals surface area contributed by atoms with Gasteiger partial charge in [0.05, 0.1) is 25.7 Å². The van der Waals surface area contributed by atoms with Gasteiger partial charge >= 0.3 is 0 Å². The van der Waals surface area contributed by atoms with Gasteiger partial charge in [-0.1, -0.05) is 6.92 Å². The number of ether oxygens (including phenoxy) is 1. The minimum atomic E-state index is 0. The van der Waals surface area contributed by atoms with Gasteiger partial charge in [0, 0.05) is 22.8 Å². The Morgan fingerprint density at radius 1 is 1.53 bits per heavy atom. The fourth-order valence-electron chi connectivity index (χ4n) is 1.92. The quantitative estimate of drug-likeness (QED) is 0.871. The Labute approximate surface area is 124 Å². The molecule has 0 spiro atoms. The van der Waals surface area contributed by atoms with Crippen LogP contribution in [0, 0.1) is 0 Å². The number of carbonyl (C=O) groups excluding carboxylic acids is 1. The first kappa shape index (κ1) is 16.4. The number of nitrogens with one attached hydrogen (secondary N) is 2. The zero-order valence-corrected chi connectivity index (χ0v) is 12.7. The fourth-order valence-corrected chi connectivity index (χ4v) is 2.82. The maximum Gasteiger partial charge on any atom is 0.222 e. The van der Waals surface area contributed by atoms with Gasteiger partial charge in [0.1, 0.15) is 0 Å². The van der Waals surface area contributed by atoms with Gasteiger partial charge in [0.15, 0.2) is 0 Å². The van der Waals surface area contributed by atoms with Crippen molar-refractivity contribution < 1.29 is 9.53 Å². The third-order valence-electron chi connectivity index (χ3n) is 2.94. The highest BCUT2D eigenvalue weighted by atomic mass is 35.5. The predicted molar refractivity (Wildman–Crippen MR) is 80.0 cm³/mol. The largest absolute Gasteiger partial charge is 0.375 e. The Kier molecular flexibility index (Phi) is 7.38. The van der Waals surface area contributed by atoms with Crippen molar-refractivity contribution in [2.75, 3.05) is 19.7 Å². The summed E-state index contributed by atoms with van der Waals surface area (Å²) in [4.78, 5) is 14.3. The van der Waals surface area contributed by atoms with Crippen LogP contribution in [0.15, 0.2) is 12.1 Å². The molecule has 2 rings (SSSR count). The lowest BCUT2D eigenvalue weighted by molar-refractivity contribution is -0.124. The molecule has 1 unspecified atom stereocenters. The van der Waals surface area contributed by atoms with Crippen LogP contribution in [-0.4, -0.2) is 31.7 Å². The van der Waals surface area contributed by atoms with E-state index in [-0.39, 0.29) is 24.4 Å². The van der Waals surface area contributed by atoms with Crippen LogP contribution in [0.2, 0.25) is 0 Å². The highest BCUT2D eigenvalue weighted by Crippen LogP contribution is 2.16. The summed E-state index contributed by atoms with van der Waals surface area (Å²) in [6.07, 6.45) is 1.52. The molecule has 1 atom stereocenters. The Morgan fingerprint density at radius 2 is 2.32 bits per heavy atom. The van der Waals surface area contributed by atoms with E-state index in [1.165, 1.54) is 9.75 Å². The molecule has 2 heterocycles. The molecule has 1 aromatic rings. The number of aryl methyl sites for hydroxylation is 1. The predicted octanol–water partition coefficient (Wildman–Crippen LogP) is 1.73. The van der Waals surface area contributed by atoms with Gasteiger partial charge in [-0.3, -0.25) is 4.79 Å². The number of thiophene rings is 1. The molecule has 108 valence electrons. The summed E-state index contributed by atoms with van der Waals surface area (Å²) in [5.41, 5.74) is 0. The molecule has 1 amide bonds. The third-order valence-corrected chi connectivity index (χ3v) is 4.17. The minimum Gasteiger partial charge on any atom is -0.375 e. The van der Waals surface area contributed by atoms with Crippen LogP contribution >= 0.6 is 23.7 Å². The number of carbonyl (C=O) groups is 1. The fraction of sp³-hybridized carbons (Fsp3) is 0.615. The lowest BCUT2D eigenvalue weighted by atomic mass is 10.2. The standard InChI is InChI=1S/C13H20N2O2S.ClH/c1-2-11-3-4-12(18-11)9-15-13(16)7-10-8-14-5-6-17-10;/h3-4,10,14H,2,5-9H2,1H3,(H,15,16);1H. The number of rotatable bonds is 5. The van der Waals surface area contributed by atoms with Crippen LogP contribution in [0.1, 0.15) is 23.1 Å². The molecule has 1 saturated heterocycles. The van der Waals surface area contributed by atoms with E-state index in [9.17, 15) is 4.79 Å². The van der Waals surface area contributed by atoms with E-state index in [4.69, 9.17) is 4.74 Å². The van der Waals surface area contributed by atoms with Gasteiger partial charge in [0.2, 0.25) is 5.91 Å². The first-order valence-electron chi connectivity index (χ1n) is 6.44. The van der Waals surface area contributed by atoms with Gasteiger partial charge < -0.3 is 15.4 Å². The zero-order valence-electron chi connectivity index (χ0n) is 11.1. The second-order valence-corrected chi connectivity index (χ2v) is 5.65. The molecule has 19 heavy (non-hydrogen) atoms. The highest BCUT2D eigenvalue weighted by molar-refractivity contribution is 7.11. The summed E-state index contributed by atoms with van der Waals surface area (Å²) in [6, 6.07) is 4.21. The van der Waals surface area contributed by atoms with Crippen molar-refractivity contribution >= 4 is 29.7 Å². The first-order valence-corrected chi connectivity index (χ1v) is 7.26. The maximum absolute atomic E-state index is 11.7. The van der Waals surface area contributed by atoms with Crippen molar-refractivity contribution in [2.24, 2.45) is 0 Å². The molecule has 0 radical (unpaired) electrons. The molecule has 1 aromatic heterocycles. The zero-order chi connectivity index (χ0) is 12.8. The van der Waals surface area contributed by atoms with Crippen LogP contribution in [0.5, 0.6) is 0 Å². The molecule has 0 aliphatic carbocycles. The van der Waals surface area contributed by atoms with Crippen LogP contribution in [0.3, 0.4) is 0 Å². The number of amides is 1. The Morgan fingerprint density at radius 3 is 2.95 bits per heavy atom. The summed E-state index contributed by atoms with van der Waals surface area (Å²) < 4.78 is 5.50. The lowest BCUT2D eigenvalue weighted by Crippen LogP contribution is -2.41. The van der Waals surface area contributed by atoms with Crippen molar-refractivity contribution in [3.05, 3.63) is 21.9 Å². The molecule has 2 N–H and O–H groups in total. The lowest BCUT2D eigenvalue weighted by Gasteiger charge is -2.22. The third kappa shape index (κ3) is 5.48. The molecule has 0 aromatic carbocycles. The second-order valence-electron chi connectivity index (χ2n) is 4.40. The Balaban J connectivity index is 0.00000180.